The summed E-state index contributed by atoms with van der Waals surface area (Å²) in [6.45, 7) is 6.11. The molecule has 0 radical (unpaired) electrons. The highest BCUT2D eigenvalue weighted by Crippen LogP contribution is 2.12. The van der Waals surface area contributed by atoms with Gasteiger partial charge in [-0.1, -0.05) is 13.3 Å². The van der Waals surface area contributed by atoms with E-state index in [2.05, 4.69) is 0 Å². The minimum atomic E-state index is -3.38. The monoisotopic (exact) mass is 291 g/mol. The number of unbranched alkanes of at least 4 members (excludes halogenated alkanes) is 1. The van der Waals surface area contributed by atoms with Crippen molar-refractivity contribution in [3.05, 3.63) is 0 Å². The van der Waals surface area contributed by atoms with E-state index in [1.54, 1.807) is 11.9 Å². The fourth-order valence-electron chi connectivity index (χ4n) is 2.13. The molecule has 0 spiro atoms. The first-order valence-corrected chi connectivity index (χ1v) is 8.26. The average Bonchev–Trinajstić information content (AvgIpc) is 2.61. The van der Waals surface area contributed by atoms with Gasteiger partial charge in [-0.15, -0.1) is 0 Å². The molecule has 19 heavy (non-hydrogen) atoms. The van der Waals surface area contributed by atoms with Gasteiger partial charge in [0.05, 0.1) is 0 Å². The first-order chi connectivity index (χ1) is 8.89. The molecule has 0 N–H and O–H groups in total. The molecular weight excluding hydrogens is 266 g/mol. The summed E-state index contributed by atoms with van der Waals surface area (Å²) in [5.41, 5.74) is 0. The van der Waals surface area contributed by atoms with Crippen LogP contribution in [0.3, 0.4) is 0 Å². The summed E-state index contributed by atoms with van der Waals surface area (Å²) in [6, 6.07) is 0. The standard InChI is InChI=1S/C12H25N3O3S/c1-4-5-7-13(3)19(17,18)15-9-6-8-14(10-11-15)12(2)16/h4-11H2,1-3H3. The summed E-state index contributed by atoms with van der Waals surface area (Å²) in [5, 5.41) is 0. The van der Waals surface area contributed by atoms with Crippen LogP contribution in [0.5, 0.6) is 0 Å². The molecule has 1 saturated heterocycles. The second kappa shape index (κ2) is 7.21. The van der Waals surface area contributed by atoms with Crippen LogP contribution >= 0.6 is 0 Å². The van der Waals surface area contributed by atoms with Crippen molar-refractivity contribution < 1.29 is 13.2 Å². The zero-order chi connectivity index (χ0) is 14.5. The number of hydrogen-bond acceptors (Lipinski definition) is 3. The van der Waals surface area contributed by atoms with Crippen molar-refractivity contribution in [2.75, 3.05) is 39.8 Å². The molecular formula is C12H25N3O3S. The van der Waals surface area contributed by atoms with Crippen LogP contribution in [0.1, 0.15) is 33.1 Å². The van der Waals surface area contributed by atoms with Crippen molar-refractivity contribution in [1.82, 2.24) is 13.5 Å². The lowest BCUT2D eigenvalue weighted by Crippen LogP contribution is -2.44. The molecule has 1 heterocycles. The van der Waals surface area contributed by atoms with Gasteiger partial charge in [0.1, 0.15) is 0 Å². The van der Waals surface area contributed by atoms with Crippen LogP contribution in [-0.4, -0.2) is 67.6 Å². The van der Waals surface area contributed by atoms with Gasteiger partial charge in [0, 0.05) is 46.7 Å². The lowest BCUT2D eigenvalue weighted by atomic mass is 10.3. The lowest BCUT2D eigenvalue weighted by Gasteiger charge is -2.26. The van der Waals surface area contributed by atoms with Gasteiger partial charge in [-0.25, -0.2) is 0 Å². The highest BCUT2D eigenvalue weighted by Gasteiger charge is 2.28. The summed E-state index contributed by atoms with van der Waals surface area (Å²) in [6.07, 6.45) is 2.53. The van der Waals surface area contributed by atoms with Crippen molar-refractivity contribution in [1.29, 1.82) is 0 Å². The lowest BCUT2D eigenvalue weighted by molar-refractivity contribution is -0.128. The van der Waals surface area contributed by atoms with E-state index in [1.807, 2.05) is 6.92 Å². The highest BCUT2D eigenvalue weighted by atomic mass is 32.2. The van der Waals surface area contributed by atoms with Crippen molar-refractivity contribution >= 4 is 16.1 Å². The Kier molecular flexibility index (Phi) is 6.22. The molecule has 0 aromatic rings. The van der Waals surface area contributed by atoms with E-state index in [4.69, 9.17) is 0 Å². The van der Waals surface area contributed by atoms with E-state index in [0.29, 0.717) is 39.1 Å². The number of amides is 1. The predicted molar refractivity (Wildman–Crippen MR) is 74.9 cm³/mol. The summed E-state index contributed by atoms with van der Waals surface area (Å²) in [4.78, 5) is 13.0. The quantitative estimate of drug-likeness (QED) is 0.742. The van der Waals surface area contributed by atoms with Crippen LogP contribution in [-0.2, 0) is 15.0 Å². The molecule has 6 nitrogen and oxygen atoms in total. The molecule has 7 heteroatoms. The van der Waals surface area contributed by atoms with Gasteiger partial charge in [0.15, 0.2) is 0 Å². The van der Waals surface area contributed by atoms with Gasteiger partial charge < -0.3 is 4.90 Å². The molecule has 1 aliphatic rings. The number of rotatable bonds is 5. The smallest absolute Gasteiger partial charge is 0.281 e. The molecule has 1 amide bonds. The Bertz CT molecular complexity index is 397. The third-order valence-electron chi connectivity index (χ3n) is 3.45. The number of carbonyl (C=O) groups is 1. The third kappa shape index (κ3) is 4.43. The maximum atomic E-state index is 12.4. The molecule has 1 fully saturated rings. The largest absolute Gasteiger partial charge is 0.342 e. The Balaban J connectivity index is 2.66. The zero-order valence-corrected chi connectivity index (χ0v) is 12.9. The Hall–Kier alpha value is -0.660. The summed E-state index contributed by atoms with van der Waals surface area (Å²) in [7, 11) is -1.75. The fraction of sp³-hybridized carbons (Fsp3) is 0.917. The van der Waals surface area contributed by atoms with Crippen LogP contribution in [0.2, 0.25) is 0 Å². The topological polar surface area (TPSA) is 60.9 Å². The minimum Gasteiger partial charge on any atom is -0.342 e. The molecule has 0 aliphatic carbocycles. The van der Waals surface area contributed by atoms with Crippen molar-refractivity contribution in [2.45, 2.75) is 33.1 Å². The number of nitrogens with zero attached hydrogens (tertiary/aromatic N) is 3. The number of hydrogen-bond donors (Lipinski definition) is 0. The third-order valence-corrected chi connectivity index (χ3v) is 5.43. The van der Waals surface area contributed by atoms with Gasteiger partial charge >= 0.3 is 0 Å². The second-order valence-corrected chi connectivity index (χ2v) is 6.98. The van der Waals surface area contributed by atoms with Gasteiger partial charge in [-0.2, -0.15) is 17.0 Å². The van der Waals surface area contributed by atoms with E-state index >= 15 is 0 Å². The average molecular weight is 291 g/mol. The van der Waals surface area contributed by atoms with Crippen LogP contribution in [0.4, 0.5) is 0 Å². The molecule has 0 saturated carbocycles. The van der Waals surface area contributed by atoms with Crippen molar-refractivity contribution in [3.8, 4) is 0 Å². The van der Waals surface area contributed by atoms with Crippen LogP contribution in [0.15, 0.2) is 0 Å². The maximum Gasteiger partial charge on any atom is 0.281 e. The summed E-state index contributed by atoms with van der Waals surface area (Å²) in [5.74, 6) is 0.0126. The SMILES string of the molecule is CCCCN(C)S(=O)(=O)N1CCCN(C(C)=O)CC1. The van der Waals surface area contributed by atoms with Gasteiger partial charge in [-0.3, -0.25) is 4.79 Å². The van der Waals surface area contributed by atoms with Crippen LogP contribution in [0.25, 0.3) is 0 Å². The Morgan fingerprint density at radius 1 is 1.21 bits per heavy atom. The Labute approximate surface area is 116 Å². The number of carbonyl (C=O) groups excluding carboxylic acids is 1. The van der Waals surface area contributed by atoms with Crippen LogP contribution in [0, 0.1) is 0 Å². The molecule has 0 bridgehead atoms. The normalized spacial score (nSPS) is 18.6. The van der Waals surface area contributed by atoms with E-state index in [0.717, 1.165) is 12.8 Å². The zero-order valence-electron chi connectivity index (χ0n) is 12.1. The molecule has 112 valence electrons. The molecule has 0 aromatic heterocycles. The molecule has 1 rings (SSSR count). The fourth-order valence-corrected chi connectivity index (χ4v) is 3.56. The predicted octanol–water partition coefficient (Wildman–Crippen LogP) is 0.517. The van der Waals surface area contributed by atoms with Gasteiger partial charge in [0.25, 0.3) is 10.2 Å². The van der Waals surface area contributed by atoms with E-state index in [-0.39, 0.29) is 5.91 Å². The Morgan fingerprint density at radius 3 is 2.47 bits per heavy atom. The minimum absolute atomic E-state index is 0.0126. The van der Waals surface area contributed by atoms with Crippen molar-refractivity contribution in [3.63, 3.8) is 0 Å². The highest BCUT2D eigenvalue weighted by molar-refractivity contribution is 7.86. The first-order valence-electron chi connectivity index (χ1n) is 6.86. The molecule has 0 aromatic carbocycles. The van der Waals surface area contributed by atoms with E-state index in [1.165, 1.54) is 15.5 Å². The summed E-state index contributed by atoms with van der Waals surface area (Å²) >= 11 is 0. The van der Waals surface area contributed by atoms with E-state index < -0.39 is 10.2 Å². The first kappa shape index (κ1) is 16.4. The van der Waals surface area contributed by atoms with Gasteiger partial charge in [-0.05, 0) is 12.8 Å². The van der Waals surface area contributed by atoms with Crippen molar-refractivity contribution in [2.24, 2.45) is 0 Å². The summed E-state index contributed by atoms with van der Waals surface area (Å²) < 4.78 is 27.6. The van der Waals surface area contributed by atoms with Crippen LogP contribution < -0.4 is 0 Å². The maximum absolute atomic E-state index is 12.4. The molecule has 0 atom stereocenters. The molecule has 0 unspecified atom stereocenters. The molecule has 1 aliphatic heterocycles. The van der Waals surface area contributed by atoms with Gasteiger partial charge in [0.2, 0.25) is 5.91 Å². The Morgan fingerprint density at radius 2 is 1.89 bits per heavy atom. The van der Waals surface area contributed by atoms with E-state index in [9.17, 15) is 13.2 Å². The second-order valence-electron chi connectivity index (χ2n) is 4.94.